The lowest BCUT2D eigenvalue weighted by Crippen LogP contribution is -2.36. The van der Waals surface area contributed by atoms with E-state index in [1.807, 2.05) is 60.3 Å². The summed E-state index contributed by atoms with van der Waals surface area (Å²) in [5.74, 6) is 0.474. The molecule has 0 radical (unpaired) electrons. The van der Waals surface area contributed by atoms with Crippen LogP contribution in [0.3, 0.4) is 0 Å². The van der Waals surface area contributed by atoms with Crippen LogP contribution in [-0.4, -0.2) is 59.1 Å². The van der Waals surface area contributed by atoms with Crippen LogP contribution >= 0.6 is 11.8 Å². The minimum atomic E-state index is -0.421. The van der Waals surface area contributed by atoms with Crippen molar-refractivity contribution in [1.82, 2.24) is 20.9 Å². The summed E-state index contributed by atoms with van der Waals surface area (Å²) in [5.41, 5.74) is 1.98. The number of unbranched alkanes of at least 4 members (excludes halogenated alkanes) is 1. The van der Waals surface area contributed by atoms with E-state index in [1.165, 1.54) is 0 Å². The van der Waals surface area contributed by atoms with Gasteiger partial charge in [0.05, 0.1) is 35.2 Å². The van der Waals surface area contributed by atoms with Gasteiger partial charge in [0, 0.05) is 28.2 Å². The second kappa shape index (κ2) is 10.5. The van der Waals surface area contributed by atoms with Crippen molar-refractivity contribution in [2.24, 2.45) is 0 Å². The first-order chi connectivity index (χ1) is 17.1. The van der Waals surface area contributed by atoms with Crippen LogP contribution in [0.25, 0.3) is 21.8 Å². The van der Waals surface area contributed by atoms with Crippen LogP contribution < -0.4 is 16.0 Å². The molecule has 0 bridgehead atoms. The minimum Gasteiger partial charge on any atom is -0.460 e. The van der Waals surface area contributed by atoms with Crippen LogP contribution in [0, 0.1) is 0 Å². The van der Waals surface area contributed by atoms with Gasteiger partial charge in [-0.2, -0.15) is 11.8 Å². The van der Waals surface area contributed by atoms with Crippen molar-refractivity contribution in [1.29, 1.82) is 0 Å². The number of para-hydroxylation sites is 2. The smallest absolute Gasteiger partial charge is 0.339 e. The Labute approximate surface area is 207 Å². The molecule has 8 nitrogen and oxygen atoms in total. The molecule has 35 heavy (non-hydrogen) atoms. The Morgan fingerprint density at radius 3 is 2.49 bits per heavy atom. The van der Waals surface area contributed by atoms with Gasteiger partial charge in [0.25, 0.3) is 0 Å². The highest BCUT2D eigenvalue weighted by Crippen LogP contribution is 2.33. The highest BCUT2D eigenvalue weighted by atomic mass is 32.2. The lowest BCUT2D eigenvalue weighted by Gasteiger charge is -2.16. The number of thioether (sulfide) groups is 1. The number of nitrogens with one attached hydrogen (secondary N) is 3. The number of carbonyl (C=O) groups is 3. The van der Waals surface area contributed by atoms with Crippen molar-refractivity contribution in [2.45, 2.75) is 43.0 Å². The molecule has 5 rings (SSSR count). The lowest BCUT2D eigenvalue weighted by atomic mass is 10.0. The summed E-state index contributed by atoms with van der Waals surface area (Å²) < 4.78 is 5.51. The van der Waals surface area contributed by atoms with Crippen LogP contribution in [0.1, 0.15) is 36.0 Å². The van der Waals surface area contributed by atoms with Crippen LogP contribution in [0.5, 0.6) is 0 Å². The first-order valence-electron chi connectivity index (χ1n) is 12.0. The molecule has 2 aliphatic rings. The molecular weight excluding hydrogens is 464 g/mol. The van der Waals surface area contributed by atoms with Crippen molar-refractivity contribution < 1.29 is 19.1 Å². The van der Waals surface area contributed by atoms with E-state index in [0.29, 0.717) is 17.2 Å². The second-order valence-corrected chi connectivity index (χ2v) is 10.1. The number of hydrogen-bond acceptors (Lipinski definition) is 6. The predicted octanol–water partition coefficient (Wildman–Crippen LogP) is 3.39. The molecule has 3 aromatic rings. The zero-order chi connectivity index (χ0) is 24.2. The molecule has 1 aromatic heterocycles. The van der Waals surface area contributed by atoms with Gasteiger partial charge in [0.15, 0.2) is 0 Å². The Morgan fingerprint density at radius 2 is 1.74 bits per heavy atom. The SMILES string of the molecule is O=C(CCCCC1SCC2NC(=O)NC21)NCCOC(=O)c1c2ccccc2nc2ccccc12. The number of aromatic nitrogens is 1. The third-order valence-electron chi connectivity index (χ3n) is 6.53. The minimum absolute atomic E-state index is 0.0475. The third kappa shape index (κ3) is 5.19. The average Bonchev–Trinajstić information content (AvgIpc) is 3.42. The molecule has 3 N–H and O–H groups in total. The largest absolute Gasteiger partial charge is 0.460 e. The molecule has 3 amide bonds. The Balaban J connectivity index is 1.06. The average molecular weight is 493 g/mol. The molecule has 3 unspecified atom stereocenters. The summed E-state index contributed by atoms with van der Waals surface area (Å²) in [6.07, 6.45) is 3.13. The molecule has 2 aromatic carbocycles. The highest BCUT2D eigenvalue weighted by molar-refractivity contribution is 8.00. The van der Waals surface area contributed by atoms with Crippen molar-refractivity contribution in [3.8, 4) is 0 Å². The predicted molar refractivity (Wildman–Crippen MR) is 136 cm³/mol. The van der Waals surface area contributed by atoms with Gasteiger partial charge in [-0.05, 0) is 25.0 Å². The topological polar surface area (TPSA) is 109 Å². The van der Waals surface area contributed by atoms with Gasteiger partial charge in [-0.25, -0.2) is 14.6 Å². The van der Waals surface area contributed by atoms with E-state index in [4.69, 9.17) is 4.74 Å². The zero-order valence-corrected chi connectivity index (χ0v) is 20.1. The number of fused-ring (bicyclic) bond motifs is 3. The highest BCUT2D eigenvalue weighted by Gasteiger charge is 2.42. The van der Waals surface area contributed by atoms with Crippen molar-refractivity contribution >= 4 is 51.5 Å². The molecule has 3 atom stereocenters. The molecule has 182 valence electrons. The summed E-state index contributed by atoms with van der Waals surface area (Å²) in [7, 11) is 0. The Hall–Kier alpha value is -3.33. The van der Waals surface area contributed by atoms with Crippen molar-refractivity contribution in [2.75, 3.05) is 18.9 Å². The van der Waals surface area contributed by atoms with Gasteiger partial charge in [-0.15, -0.1) is 0 Å². The standard InChI is InChI=1S/C26H28N4O4S/c31-22(12-6-5-11-21-24-20(15-35-21)29-26(33)30-24)27-13-14-34-25(32)23-16-7-1-3-9-18(16)28-19-10-4-2-8-17(19)23/h1-4,7-10,20-21,24H,5-6,11-15H2,(H,27,31)(H2,29,30,33). The van der Waals surface area contributed by atoms with Crippen LogP contribution in [0.4, 0.5) is 4.79 Å². The fourth-order valence-corrected chi connectivity index (χ4v) is 6.37. The molecule has 2 aliphatic heterocycles. The van der Waals surface area contributed by atoms with Crippen molar-refractivity contribution in [3.05, 3.63) is 54.1 Å². The number of carbonyl (C=O) groups excluding carboxylic acids is 3. The number of urea groups is 1. The maximum absolute atomic E-state index is 13.0. The van der Waals surface area contributed by atoms with Gasteiger partial charge in [-0.1, -0.05) is 42.8 Å². The van der Waals surface area contributed by atoms with Crippen LogP contribution in [0.2, 0.25) is 0 Å². The van der Waals surface area contributed by atoms with E-state index in [1.54, 1.807) is 0 Å². The molecule has 3 heterocycles. The number of pyridine rings is 1. The molecule has 0 spiro atoms. The van der Waals surface area contributed by atoms with Gasteiger partial charge < -0.3 is 20.7 Å². The fraction of sp³-hybridized carbons (Fsp3) is 0.385. The number of esters is 1. The summed E-state index contributed by atoms with van der Waals surface area (Å²) in [4.78, 5) is 41.3. The number of benzene rings is 2. The Kier molecular flexibility index (Phi) is 7.03. The Morgan fingerprint density at radius 1 is 1.03 bits per heavy atom. The van der Waals surface area contributed by atoms with E-state index >= 15 is 0 Å². The van der Waals surface area contributed by atoms with E-state index in [9.17, 15) is 14.4 Å². The molecule has 2 saturated heterocycles. The maximum atomic E-state index is 13.0. The number of ether oxygens (including phenoxy) is 1. The summed E-state index contributed by atoms with van der Waals surface area (Å²) in [6, 6.07) is 15.4. The second-order valence-electron chi connectivity index (χ2n) is 8.87. The van der Waals surface area contributed by atoms with Gasteiger partial charge in [0.2, 0.25) is 5.91 Å². The number of amides is 3. The van der Waals surface area contributed by atoms with E-state index in [0.717, 1.165) is 46.8 Å². The Bertz CT molecular complexity index is 1210. The summed E-state index contributed by atoms with van der Waals surface area (Å²) in [5, 5.41) is 10.7. The van der Waals surface area contributed by atoms with E-state index in [2.05, 4.69) is 20.9 Å². The maximum Gasteiger partial charge on any atom is 0.339 e. The van der Waals surface area contributed by atoms with Gasteiger partial charge in [-0.3, -0.25) is 4.79 Å². The quantitative estimate of drug-likeness (QED) is 0.183. The van der Waals surface area contributed by atoms with Crippen LogP contribution in [0.15, 0.2) is 48.5 Å². The fourth-order valence-electron chi connectivity index (χ4n) is 4.83. The zero-order valence-electron chi connectivity index (χ0n) is 19.3. The van der Waals surface area contributed by atoms with Crippen molar-refractivity contribution in [3.63, 3.8) is 0 Å². The lowest BCUT2D eigenvalue weighted by molar-refractivity contribution is -0.121. The molecule has 0 saturated carbocycles. The summed E-state index contributed by atoms with van der Waals surface area (Å²) in [6.45, 7) is 0.371. The van der Waals surface area contributed by atoms with Gasteiger partial charge in [0.1, 0.15) is 6.61 Å². The third-order valence-corrected chi connectivity index (χ3v) is 8.04. The normalized spacial score (nSPS) is 20.9. The number of hydrogen-bond donors (Lipinski definition) is 3. The molecule has 9 heteroatoms. The first-order valence-corrected chi connectivity index (χ1v) is 13.0. The molecule has 0 aliphatic carbocycles. The van der Waals surface area contributed by atoms with Gasteiger partial charge >= 0.3 is 12.0 Å². The van der Waals surface area contributed by atoms with E-state index < -0.39 is 5.97 Å². The van der Waals surface area contributed by atoms with Crippen LogP contribution in [-0.2, 0) is 9.53 Å². The number of rotatable bonds is 9. The molecule has 2 fully saturated rings. The first kappa shape index (κ1) is 23.4. The summed E-state index contributed by atoms with van der Waals surface area (Å²) >= 11 is 1.88. The number of nitrogens with zero attached hydrogens (tertiary/aromatic N) is 1. The monoisotopic (exact) mass is 492 g/mol. The van der Waals surface area contributed by atoms with E-state index in [-0.39, 0.29) is 37.2 Å². The molecular formula is C26H28N4O4S.